The number of nitrogens with zero attached hydrogens (tertiary/aromatic N) is 3. The molecule has 0 saturated heterocycles. The molecule has 0 bridgehead atoms. The SMILES string of the molecule is O=C(Cn1nnc2ccccc21)Nc1ccc2c(c1)NC(=O)CS2. The Labute approximate surface area is 141 Å². The molecule has 0 saturated carbocycles. The second-order valence-electron chi connectivity index (χ2n) is 5.33. The van der Waals surface area contributed by atoms with Crippen LogP contribution in [0.15, 0.2) is 47.4 Å². The number of para-hydroxylation sites is 1. The zero-order chi connectivity index (χ0) is 16.5. The van der Waals surface area contributed by atoms with Gasteiger partial charge in [-0.3, -0.25) is 9.59 Å². The highest BCUT2D eigenvalue weighted by molar-refractivity contribution is 8.00. The van der Waals surface area contributed by atoms with E-state index in [2.05, 4.69) is 20.9 Å². The average Bonchev–Trinajstić information content (AvgIpc) is 2.97. The van der Waals surface area contributed by atoms with Crippen molar-refractivity contribution in [2.75, 3.05) is 16.4 Å². The Morgan fingerprint density at radius 1 is 1.29 bits per heavy atom. The molecule has 120 valence electrons. The van der Waals surface area contributed by atoms with Gasteiger partial charge in [0.15, 0.2) is 0 Å². The van der Waals surface area contributed by atoms with Gasteiger partial charge in [0.05, 0.1) is 17.0 Å². The van der Waals surface area contributed by atoms with E-state index in [-0.39, 0.29) is 18.4 Å². The first-order valence-corrected chi connectivity index (χ1v) is 8.32. The molecule has 4 rings (SSSR count). The fourth-order valence-corrected chi connectivity index (χ4v) is 3.32. The van der Waals surface area contributed by atoms with Crippen LogP contribution in [-0.4, -0.2) is 32.6 Å². The average molecular weight is 339 g/mol. The monoisotopic (exact) mass is 339 g/mol. The minimum atomic E-state index is -0.208. The summed E-state index contributed by atoms with van der Waals surface area (Å²) in [5.74, 6) is 0.170. The van der Waals surface area contributed by atoms with E-state index in [9.17, 15) is 9.59 Å². The molecule has 8 heteroatoms. The van der Waals surface area contributed by atoms with Crippen LogP contribution in [0.5, 0.6) is 0 Å². The highest BCUT2D eigenvalue weighted by Crippen LogP contribution is 2.33. The predicted octanol–water partition coefficient (Wildman–Crippen LogP) is 2.11. The molecular formula is C16H13N5O2S. The van der Waals surface area contributed by atoms with Crippen molar-refractivity contribution in [2.24, 2.45) is 0 Å². The van der Waals surface area contributed by atoms with Crippen LogP contribution in [-0.2, 0) is 16.1 Å². The van der Waals surface area contributed by atoms with Crippen LogP contribution in [0.1, 0.15) is 0 Å². The number of carbonyl (C=O) groups excluding carboxylic acids is 2. The largest absolute Gasteiger partial charge is 0.324 e. The maximum atomic E-state index is 12.3. The molecule has 0 radical (unpaired) electrons. The maximum Gasteiger partial charge on any atom is 0.246 e. The first-order valence-electron chi connectivity index (χ1n) is 7.34. The number of anilines is 2. The van der Waals surface area contributed by atoms with Crippen molar-refractivity contribution in [3.8, 4) is 0 Å². The summed E-state index contributed by atoms with van der Waals surface area (Å²) in [6.07, 6.45) is 0. The Balaban J connectivity index is 1.50. The number of thioether (sulfide) groups is 1. The van der Waals surface area contributed by atoms with Crippen molar-refractivity contribution in [1.82, 2.24) is 15.0 Å². The molecule has 0 aliphatic carbocycles. The molecule has 2 N–H and O–H groups in total. The first kappa shape index (κ1) is 14.7. The molecule has 2 amide bonds. The zero-order valence-corrected chi connectivity index (χ0v) is 13.3. The second kappa shape index (κ2) is 5.97. The van der Waals surface area contributed by atoms with E-state index < -0.39 is 0 Å². The van der Waals surface area contributed by atoms with Crippen molar-refractivity contribution in [2.45, 2.75) is 11.4 Å². The Bertz CT molecular complexity index is 953. The van der Waals surface area contributed by atoms with Crippen LogP contribution in [0.25, 0.3) is 11.0 Å². The number of nitrogens with one attached hydrogen (secondary N) is 2. The molecule has 0 atom stereocenters. The molecule has 0 unspecified atom stereocenters. The lowest BCUT2D eigenvalue weighted by atomic mass is 10.2. The number of amides is 2. The smallest absolute Gasteiger partial charge is 0.246 e. The van der Waals surface area contributed by atoms with Crippen molar-refractivity contribution < 1.29 is 9.59 Å². The molecule has 1 aliphatic rings. The Kier molecular flexibility index (Phi) is 3.66. The lowest BCUT2D eigenvalue weighted by Crippen LogP contribution is -2.21. The van der Waals surface area contributed by atoms with Gasteiger partial charge in [-0.05, 0) is 30.3 Å². The number of aromatic nitrogens is 3. The van der Waals surface area contributed by atoms with Gasteiger partial charge in [-0.1, -0.05) is 17.3 Å². The Morgan fingerprint density at radius 3 is 3.08 bits per heavy atom. The molecule has 24 heavy (non-hydrogen) atoms. The first-order chi connectivity index (χ1) is 11.7. The summed E-state index contributed by atoms with van der Waals surface area (Å²) in [4.78, 5) is 24.7. The summed E-state index contributed by atoms with van der Waals surface area (Å²) in [6.45, 7) is 0.0682. The predicted molar refractivity (Wildman–Crippen MR) is 92.0 cm³/mol. The summed E-state index contributed by atoms with van der Waals surface area (Å²) in [6, 6.07) is 12.9. The number of fused-ring (bicyclic) bond motifs is 2. The van der Waals surface area contributed by atoms with E-state index in [4.69, 9.17) is 0 Å². The van der Waals surface area contributed by atoms with Gasteiger partial charge in [-0.2, -0.15) is 0 Å². The number of hydrogen-bond acceptors (Lipinski definition) is 5. The normalized spacial score (nSPS) is 13.4. The summed E-state index contributed by atoms with van der Waals surface area (Å²) in [5, 5.41) is 13.7. The molecule has 1 aliphatic heterocycles. The zero-order valence-electron chi connectivity index (χ0n) is 12.5. The van der Waals surface area contributed by atoms with E-state index in [0.29, 0.717) is 11.4 Å². The van der Waals surface area contributed by atoms with Crippen LogP contribution in [0, 0.1) is 0 Å². The number of hydrogen-bond donors (Lipinski definition) is 2. The minimum Gasteiger partial charge on any atom is -0.324 e. The second-order valence-corrected chi connectivity index (χ2v) is 6.35. The molecule has 0 spiro atoms. The van der Waals surface area contributed by atoms with Gasteiger partial charge in [0.2, 0.25) is 11.8 Å². The fraction of sp³-hybridized carbons (Fsp3) is 0.125. The Hall–Kier alpha value is -2.87. The molecule has 2 heterocycles. The summed E-state index contributed by atoms with van der Waals surface area (Å²) in [7, 11) is 0. The van der Waals surface area contributed by atoms with Gasteiger partial charge in [-0.25, -0.2) is 4.68 Å². The van der Waals surface area contributed by atoms with Crippen molar-refractivity contribution in [3.05, 3.63) is 42.5 Å². The third-order valence-corrected chi connectivity index (χ3v) is 4.68. The van der Waals surface area contributed by atoms with E-state index in [1.807, 2.05) is 36.4 Å². The van der Waals surface area contributed by atoms with Crippen LogP contribution < -0.4 is 10.6 Å². The maximum absolute atomic E-state index is 12.3. The standard InChI is InChI=1S/C16H13N5O2S/c22-15(8-21-13-4-2-1-3-11(13)19-20-21)17-10-5-6-14-12(7-10)18-16(23)9-24-14/h1-7H,8-9H2,(H,17,22)(H,18,23). The molecule has 2 aromatic carbocycles. The Morgan fingerprint density at radius 2 is 2.17 bits per heavy atom. The summed E-state index contributed by atoms with van der Waals surface area (Å²) in [5.41, 5.74) is 2.91. The van der Waals surface area contributed by atoms with Gasteiger partial charge < -0.3 is 10.6 Å². The summed E-state index contributed by atoms with van der Waals surface area (Å²) >= 11 is 1.48. The van der Waals surface area contributed by atoms with Crippen molar-refractivity contribution >= 4 is 46.0 Å². The highest BCUT2D eigenvalue weighted by atomic mass is 32.2. The van der Waals surface area contributed by atoms with Gasteiger partial charge in [0, 0.05) is 10.6 Å². The minimum absolute atomic E-state index is 0.0370. The topological polar surface area (TPSA) is 88.9 Å². The highest BCUT2D eigenvalue weighted by Gasteiger charge is 2.16. The summed E-state index contributed by atoms with van der Waals surface area (Å²) < 4.78 is 1.56. The van der Waals surface area contributed by atoms with Crippen LogP contribution in [0.4, 0.5) is 11.4 Å². The fourth-order valence-electron chi connectivity index (χ4n) is 2.53. The van der Waals surface area contributed by atoms with E-state index in [1.165, 1.54) is 11.8 Å². The van der Waals surface area contributed by atoms with Crippen molar-refractivity contribution in [3.63, 3.8) is 0 Å². The van der Waals surface area contributed by atoms with Gasteiger partial charge in [-0.15, -0.1) is 16.9 Å². The van der Waals surface area contributed by atoms with E-state index >= 15 is 0 Å². The molecular weight excluding hydrogens is 326 g/mol. The number of rotatable bonds is 3. The third-order valence-electron chi connectivity index (χ3n) is 3.61. The third kappa shape index (κ3) is 2.83. The van der Waals surface area contributed by atoms with Gasteiger partial charge in [0.25, 0.3) is 0 Å². The molecule has 3 aromatic rings. The molecule has 0 fully saturated rings. The molecule has 7 nitrogen and oxygen atoms in total. The quantitative estimate of drug-likeness (QED) is 0.763. The van der Waals surface area contributed by atoms with E-state index in [1.54, 1.807) is 10.7 Å². The number of benzene rings is 2. The van der Waals surface area contributed by atoms with Gasteiger partial charge in [0.1, 0.15) is 12.1 Å². The molecule has 1 aromatic heterocycles. The van der Waals surface area contributed by atoms with Crippen LogP contribution in [0.2, 0.25) is 0 Å². The van der Waals surface area contributed by atoms with E-state index in [0.717, 1.165) is 21.6 Å². The number of carbonyl (C=O) groups is 2. The van der Waals surface area contributed by atoms with Crippen LogP contribution in [0.3, 0.4) is 0 Å². The van der Waals surface area contributed by atoms with Gasteiger partial charge >= 0.3 is 0 Å². The lowest BCUT2D eigenvalue weighted by Gasteiger charge is -2.17. The van der Waals surface area contributed by atoms with Crippen molar-refractivity contribution in [1.29, 1.82) is 0 Å². The van der Waals surface area contributed by atoms with Crippen LogP contribution >= 0.6 is 11.8 Å². The lowest BCUT2D eigenvalue weighted by molar-refractivity contribution is -0.117.